The van der Waals surface area contributed by atoms with Crippen LogP contribution in [-0.2, 0) is 6.42 Å². The molecule has 36 heavy (non-hydrogen) atoms. The van der Waals surface area contributed by atoms with Crippen molar-refractivity contribution >= 4 is 16.9 Å². The summed E-state index contributed by atoms with van der Waals surface area (Å²) in [6.07, 6.45) is 4.71. The lowest BCUT2D eigenvalue weighted by molar-refractivity contribution is 0.0689. The molecule has 4 aromatic rings. The van der Waals surface area contributed by atoms with Gasteiger partial charge in [-0.25, -0.2) is 4.98 Å². The summed E-state index contributed by atoms with van der Waals surface area (Å²) in [6.45, 7) is 12.3. The molecule has 2 aromatic carbocycles. The van der Waals surface area contributed by atoms with Gasteiger partial charge in [0.05, 0.1) is 11.0 Å². The van der Waals surface area contributed by atoms with E-state index in [-0.39, 0.29) is 5.91 Å². The van der Waals surface area contributed by atoms with Crippen LogP contribution in [0.3, 0.4) is 0 Å². The van der Waals surface area contributed by atoms with Crippen LogP contribution in [0.2, 0.25) is 0 Å². The van der Waals surface area contributed by atoms with Gasteiger partial charge in [0.15, 0.2) is 0 Å². The second kappa shape index (κ2) is 9.88. The topological polar surface area (TPSA) is 68.8 Å². The summed E-state index contributed by atoms with van der Waals surface area (Å²) in [5, 5.41) is 8.42. The van der Waals surface area contributed by atoms with Crippen molar-refractivity contribution < 1.29 is 4.79 Å². The first kappa shape index (κ1) is 24.2. The van der Waals surface area contributed by atoms with Crippen LogP contribution in [0.5, 0.6) is 0 Å². The molecule has 0 unspecified atom stereocenters. The molecule has 1 aliphatic heterocycles. The van der Waals surface area contributed by atoms with Crippen molar-refractivity contribution in [3.63, 3.8) is 0 Å². The third-order valence-electron chi connectivity index (χ3n) is 7.46. The zero-order chi connectivity index (χ0) is 25.4. The normalized spacial score (nSPS) is 14.9. The highest BCUT2D eigenvalue weighted by Gasteiger charge is 2.26. The van der Waals surface area contributed by atoms with Crippen LogP contribution in [0, 0.1) is 12.8 Å². The van der Waals surface area contributed by atoms with Gasteiger partial charge in [0.1, 0.15) is 18.0 Å². The summed E-state index contributed by atoms with van der Waals surface area (Å²) in [4.78, 5) is 20.1. The lowest BCUT2D eigenvalue weighted by Crippen LogP contribution is -2.39. The number of benzene rings is 2. The molecular formula is C29H36N6O. The van der Waals surface area contributed by atoms with Gasteiger partial charge >= 0.3 is 0 Å². The van der Waals surface area contributed by atoms with Gasteiger partial charge in [-0.15, -0.1) is 10.2 Å². The summed E-state index contributed by atoms with van der Waals surface area (Å²) in [5.41, 5.74) is 5.00. The Morgan fingerprint density at radius 2 is 1.75 bits per heavy atom. The minimum absolute atomic E-state index is 0.0918. The van der Waals surface area contributed by atoms with E-state index >= 15 is 0 Å². The highest BCUT2D eigenvalue weighted by atomic mass is 16.2. The SMILES string of the molecule is Cc1nc2cc(C(=O)N3CCC(Cc4nncn4C(C)C)CC3)ccc2n1-c1ccc(C(C)C)cc1. The first-order valence-electron chi connectivity index (χ1n) is 13.1. The number of rotatable bonds is 6. The van der Waals surface area contributed by atoms with Crippen LogP contribution in [0.1, 0.15) is 80.1 Å². The minimum Gasteiger partial charge on any atom is -0.339 e. The van der Waals surface area contributed by atoms with Gasteiger partial charge in [-0.1, -0.05) is 26.0 Å². The van der Waals surface area contributed by atoms with Crippen LogP contribution in [0.15, 0.2) is 48.8 Å². The van der Waals surface area contributed by atoms with Crippen molar-refractivity contribution in [2.24, 2.45) is 5.92 Å². The lowest BCUT2D eigenvalue weighted by atomic mass is 9.92. The van der Waals surface area contributed by atoms with Crippen LogP contribution >= 0.6 is 0 Å². The largest absolute Gasteiger partial charge is 0.339 e. The number of amides is 1. The van der Waals surface area contributed by atoms with Crippen LogP contribution in [0.4, 0.5) is 0 Å². The average molecular weight is 485 g/mol. The number of likely N-dealkylation sites (tertiary alicyclic amines) is 1. The first-order chi connectivity index (χ1) is 17.3. The quantitative estimate of drug-likeness (QED) is 0.351. The van der Waals surface area contributed by atoms with E-state index in [0.29, 0.717) is 23.4 Å². The van der Waals surface area contributed by atoms with E-state index in [1.54, 1.807) is 0 Å². The van der Waals surface area contributed by atoms with Crippen molar-refractivity contribution in [2.45, 2.75) is 65.8 Å². The van der Waals surface area contributed by atoms with E-state index in [0.717, 1.165) is 60.7 Å². The van der Waals surface area contributed by atoms with Gasteiger partial charge in [0, 0.05) is 36.8 Å². The Kier molecular flexibility index (Phi) is 6.65. The van der Waals surface area contributed by atoms with E-state index in [2.05, 4.69) is 71.3 Å². The Hall–Kier alpha value is -3.48. The van der Waals surface area contributed by atoms with Gasteiger partial charge in [-0.3, -0.25) is 9.36 Å². The van der Waals surface area contributed by atoms with Gasteiger partial charge in [0.25, 0.3) is 5.91 Å². The Balaban J connectivity index is 1.28. The number of hydrogen-bond donors (Lipinski definition) is 0. The second-order valence-corrected chi connectivity index (χ2v) is 10.6. The number of carbonyl (C=O) groups is 1. The highest BCUT2D eigenvalue weighted by Crippen LogP contribution is 2.27. The molecule has 0 N–H and O–H groups in total. The van der Waals surface area contributed by atoms with E-state index < -0.39 is 0 Å². The Morgan fingerprint density at radius 1 is 1.03 bits per heavy atom. The Bertz CT molecular complexity index is 1360. The molecule has 3 heterocycles. The standard InChI is InChI=1S/C29H36N6O/c1-19(2)23-6-9-25(10-7-23)35-21(5)31-26-17-24(8-11-27(26)35)29(36)33-14-12-22(13-15-33)16-28-32-30-18-34(28)20(3)4/h6-11,17-20,22H,12-16H2,1-5H3. The van der Waals surface area contributed by atoms with Crippen LogP contribution < -0.4 is 0 Å². The molecule has 1 amide bonds. The fourth-order valence-electron chi connectivity index (χ4n) is 5.29. The van der Waals surface area contributed by atoms with Gasteiger partial charge in [0.2, 0.25) is 0 Å². The number of aryl methyl sites for hydroxylation is 1. The second-order valence-electron chi connectivity index (χ2n) is 10.6. The number of carbonyl (C=O) groups excluding carboxylic acids is 1. The van der Waals surface area contributed by atoms with Crippen molar-refractivity contribution in [3.05, 3.63) is 71.6 Å². The molecule has 188 valence electrons. The first-order valence-corrected chi connectivity index (χ1v) is 13.1. The Morgan fingerprint density at radius 3 is 2.42 bits per heavy atom. The van der Waals surface area contributed by atoms with Crippen molar-refractivity contribution in [1.82, 2.24) is 29.2 Å². The molecule has 2 aromatic heterocycles. The zero-order valence-electron chi connectivity index (χ0n) is 22.0. The maximum Gasteiger partial charge on any atom is 0.253 e. The van der Waals surface area contributed by atoms with Crippen LogP contribution in [0.25, 0.3) is 16.7 Å². The summed E-state index contributed by atoms with van der Waals surface area (Å²) in [6, 6.07) is 14.9. The number of hydrogen-bond acceptors (Lipinski definition) is 4. The smallest absolute Gasteiger partial charge is 0.253 e. The maximum atomic E-state index is 13.3. The molecule has 1 fully saturated rings. The summed E-state index contributed by atoms with van der Waals surface area (Å²) in [5.74, 6) is 3.08. The zero-order valence-corrected chi connectivity index (χ0v) is 22.0. The van der Waals surface area contributed by atoms with Crippen molar-refractivity contribution in [2.75, 3.05) is 13.1 Å². The third kappa shape index (κ3) is 4.66. The lowest BCUT2D eigenvalue weighted by Gasteiger charge is -2.32. The minimum atomic E-state index is 0.0918. The van der Waals surface area contributed by atoms with Gasteiger partial charge in [-0.05, 0) is 81.3 Å². The predicted octanol–water partition coefficient (Wildman–Crippen LogP) is 5.72. The number of imidazole rings is 1. The molecule has 0 atom stereocenters. The average Bonchev–Trinajstić information content (AvgIpc) is 3.47. The van der Waals surface area contributed by atoms with E-state index in [1.165, 1.54) is 5.56 Å². The molecule has 0 bridgehead atoms. The molecule has 1 saturated heterocycles. The number of nitrogens with zero attached hydrogens (tertiary/aromatic N) is 6. The summed E-state index contributed by atoms with van der Waals surface area (Å²) < 4.78 is 4.31. The monoisotopic (exact) mass is 484 g/mol. The van der Waals surface area contributed by atoms with Crippen molar-refractivity contribution in [1.29, 1.82) is 0 Å². The predicted molar refractivity (Wildman–Crippen MR) is 143 cm³/mol. The molecule has 0 saturated carbocycles. The summed E-state index contributed by atoms with van der Waals surface area (Å²) >= 11 is 0. The maximum absolute atomic E-state index is 13.3. The molecule has 7 heteroatoms. The molecule has 1 aliphatic rings. The number of fused-ring (bicyclic) bond motifs is 1. The number of piperidine rings is 1. The molecule has 0 aliphatic carbocycles. The van der Waals surface area contributed by atoms with E-state index in [9.17, 15) is 4.79 Å². The fourth-order valence-corrected chi connectivity index (χ4v) is 5.29. The van der Waals surface area contributed by atoms with Crippen LogP contribution in [-0.4, -0.2) is 48.2 Å². The molecule has 0 radical (unpaired) electrons. The van der Waals surface area contributed by atoms with Gasteiger partial charge in [-0.2, -0.15) is 0 Å². The van der Waals surface area contributed by atoms with Crippen molar-refractivity contribution in [3.8, 4) is 5.69 Å². The van der Waals surface area contributed by atoms with Gasteiger partial charge < -0.3 is 9.47 Å². The number of aromatic nitrogens is 5. The summed E-state index contributed by atoms with van der Waals surface area (Å²) in [7, 11) is 0. The molecule has 0 spiro atoms. The van der Waals surface area contributed by atoms with E-state index in [1.807, 2.05) is 36.4 Å². The van der Waals surface area contributed by atoms with E-state index in [4.69, 9.17) is 4.98 Å². The Labute approximate surface area is 213 Å². The third-order valence-corrected chi connectivity index (χ3v) is 7.46. The molecular weight excluding hydrogens is 448 g/mol. The molecule has 5 rings (SSSR count). The molecule has 7 nitrogen and oxygen atoms in total. The fraction of sp³-hybridized carbons (Fsp3) is 0.448. The highest BCUT2D eigenvalue weighted by molar-refractivity contribution is 5.97.